The Balaban J connectivity index is 1.53. The van der Waals surface area contributed by atoms with E-state index in [2.05, 4.69) is 69.5 Å². The second-order valence-electron chi connectivity index (χ2n) is 7.03. The number of pyridine rings is 1. The fourth-order valence-electron chi connectivity index (χ4n) is 4.21. The molecule has 2 aromatic rings. The van der Waals surface area contributed by atoms with Crippen LogP contribution in [0.2, 0.25) is 0 Å². The predicted molar refractivity (Wildman–Crippen MR) is 99.8 cm³/mol. The van der Waals surface area contributed by atoms with Gasteiger partial charge in [-0.15, -0.1) is 0 Å². The Kier molecular flexibility index (Phi) is 4.15. The van der Waals surface area contributed by atoms with Crippen molar-refractivity contribution in [2.24, 2.45) is 0 Å². The van der Waals surface area contributed by atoms with Gasteiger partial charge in [-0.3, -0.25) is 4.98 Å². The number of piperazine rings is 1. The molecule has 0 atom stereocenters. The Labute approximate surface area is 144 Å². The SMILES string of the molecule is Cc1cc(N2CCC3(CC2)CNCCN3c2ccccc2)ccn1. The van der Waals surface area contributed by atoms with Crippen LogP contribution < -0.4 is 15.1 Å². The number of hydrogen-bond donors (Lipinski definition) is 1. The summed E-state index contributed by atoms with van der Waals surface area (Å²) < 4.78 is 0. The summed E-state index contributed by atoms with van der Waals surface area (Å²) in [5.74, 6) is 0. The average molecular weight is 322 g/mol. The van der Waals surface area contributed by atoms with Gasteiger partial charge in [0, 0.05) is 56.0 Å². The summed E-state index contributed by atoms with van der Waals surface area (Å²) in [5.41, 5.74) is 4.02. The van der Waals surface area contributed by atoms with Crippen LogP contribution in [0.4, 0.5) is 11.4 Å². The van der Waals surface area contributed by atoms with Gasteiger partial charge in [0.1, 0.15) is 0 Å². The van der Waals surface area contributed by atoms with Crippen molar-refractivity contribution in [3.8, 4) is 0 Å². The molecule has 0 unspecified atom stereocenters. The molecule has 0 saturated carbocycles. The molecule has 3 heterocycles. The number of nitrogens with one attached hydrogen (secondary N) is 1. The molecular formula is C20H26N4. The van der Waals surface area contributed by atoms with Crippen molar-refractivity contribution in [2.75, 3.05) is 42.5 Å². The first-order valence-corrected chi connectivity index (χ1v) is 8.98. The zero-order valence-corrected chi connectivity index (χ0v) is 14.4. The summed E-state index contributed by atoms with van der Waals surface area (Å²) >= 11 is 0. The van der Waals surface area contributed by atoms with Gasteiger partial charge in [0.15, 0.2) is 0 Å². The summed E-state index contributed by atoms with van der Waals surface area (Å²) in [4.78, 5) is 9.49. The Bertz CT molecular complexity index is 677. The molecule has 2 fully saturated rings. The molecule has 2 aliphatic rings. The molecule has 1 aromatic carbocycles. The Morgan fingerprint density at radius 2 is 1.79 bits per heavy atom. The lowest BCUT2D eigenvalue weighted by molar-refractivity contribution is 0.267. The van der Waals surface area contributed by atoms with Gasteiger partial charge in [-0.2, -0.15) is 0 Å². The van der Waals surface area contributed by atoms with E-state index in [1.54, 1.807) is 0 Å². The van der Waals surface area contributed by atoms with Gasteiger partial charge in [-0.1, -0.05) is 18.2 Å². The van der Waals surface area contributed by atoms with E-state index < -0.39 is 0 Å². The van der Waals surface area contributed by atoms with Gasteiger partial charge >= 0.3 is 0 Å². The smallest absolute Gasteiger partial charge is 0.0560 e. The summed E-state index contributed by atoms with van der Waals surface area (Å²) in [7, 11) is 0. The number of para-hydroxylation sites is 1. The third-order valence-corrected chi connectivity index (χ3v) is 5.55. The second kappa shape index (κ2) is 6.44. The molecule has 0 radical (unpaired) electrons. The van der Waals surface area contributed by atoms with Crippen LogP contribution in [-0.4, -0.2) is 43.2 Å². The van der Waals surface area contributed by atoms with E-state index in [0.717, 1.165) is 38.4 Å². The van der Waals surface area contributed by atoms with Crippen molar-refractivity contribution in [3.05, 3.63) is 54.4 Å². The van der Waals surface area contributed by atoms with Crippen LogP contribution in [0, 0.1) is 6.92 Å². The van der Waals surface area contributed by atoms with Gasteiger partial charge in [0.25, 0.3) is 0 Å². The number of aromatic nitrogens is 1. The minimum Gasteiger partial charge on any atom is -0.371 e. The minimum atomic E-state index is 0.248. The second-order valence-corrected chi connectivity index (χ2v) is 7.03. The highest BCUT2D eigenvalue weighted by Gasteiger charge is 2.41. The van der Waals surface area contributed by atoms with Gasteiger partial charge in [-0.25, -0.2) is 0 Å². The van der Waals surface area contributed by atoms with E-state index in [9.17, 15) is 0 Å². The molecule has 1 spiro atoms. The zero-order valence-electron chi connectivity index (χ0n) is 14.4. The summed E-state index contributed by atoms with van der Waals surface area (Å²) in [6.07, 6.45) is 4.31. The lowest BCUT2D eigenvalue weighted by atomic mass is 9.83. The molecule has 0 aliphatic carbocycles. The summed E-state index contributed by atoms with van der Waals surface area (Å²) in [5, 5.41) is 3.64. The molecule has 4 rings (SSSR count). The predicted octanol–water partition coefficient (Wildman–Crippen LogP) is 2.84. The first kappa shape index (κ1) is 15.5. The number of benzene rings is 1. The number of piperidine rings is 1. The normalized spacial score (nSPS) is 20.4. The van der Waals surface area contributed by atoms with Gasteiger partial charge in [0.2, 0.25) is 0 Å². The van der Waals surface area contributed by atoms with Crippen LogP contribution in [0.15, 0.2) is 48.7 Å². The molecule has 24 heavy (non-hydrogen) atoms. The molecule has 2 aliphatic heterocycles. The fraction of sp³-hybridized carbons (Fsp3) is 0.450. The van der Waals surface area contributed by atoms with Crippen LogP contribution in [0.25, 0.3) is 0 Å². The lowest BCUT2D eigenvalue weighted by Gasteiger charge is -2.53. The topological polar surface area (TPSA) is 31.4 Å². The molecule has 0 amide bonds. The van der Waals surface area contributed by atoms with Gasteiger partial charge < -0.3 is 15.1 Å². The van der Waals surface area contributed by atoms with Crippen LogP contribution in [-0.2, 0) is 0 Å². The van der Waals surface area contributed by atoms with Gasteiger partial charge in [0.05, 0.1) is 5.54 Å². The van der Waals surface area contributed by atoms with E-state index >= 15 is 0 Å². The van der Waals surface area contributed by atoms with E-state index in [4.69, 9.17) is 0 Å². The summed E-state index contributed by atoms with van der Waals surface area (Å²) in [6.45, 7) is 7.54. The van der Waals surface area contributed by atoms with E-state index in [1.165, 1.54) is 24.2 Å². The monoisotopic (exact) mass is 322 g/mol. The molecule has 1 N–H and O–H groups in total. The number of aryl methyl sites for hydroxylation is 1. The zero-order chi connectivity index (χ0) is 16.4. The van der Waals surface area contributed by atoms with Gasteiger partial charge in [-0.05, 0) is 44.0 Å². The Hall–Kier alpha value is -2.07. The Morgan fingerprint density at radius 1 is 1.00 bits per heavy atom. The third-order valence-electron chi connectivity index (χ3n) is 5.55. The van der Waals surface area contributed by atoms with E-state index in [-0.39, 0.29) is 5.54 Å². The number of rotatable bonds is 2. The third kappa shape index (κ3) is 2.86. The highest BCUT2D eigenvalue weighted by atomic mass is 15.3. The first-order valence-electron chi connectivity index (χ1n) is 8.98. The standard InChI is InChI=1S/C20H26N4/c1-17-15-19(7-10-22-17)23-12-8-20(9-13-23)16-21-11-14-24(20)18-5-3-2-4-6-18/h2-7,10,15,21H,8-9,11-14,16H2,1H3. The molecular weight excluding hydrogens is 296 g/mol. The number of nitrogens with zero attached hydrogens (tertiary/aromatic N) is 3. The molecule has 2 saturated heterocycles. The minimum absolute atomic E-state index is 0.248. The van der Waals surface area contributed by atoms with E-state index in [1.807, 2.05) is 6.20 Å². The molecule has 0 bridgehead atoms. The Morgan fingerprint density at radius 3 is 2.54 bits per heavy atom. The maximum atomic E-state index is 4.32. The van der Waals surface area contributed by atoms with Crippen molar-refractivity contribution in [1.29, 1.82) is 0 Å². The van der Waals surface area contributed by atoms with Crippen LogP contribution in [0.1, 0.15) is 18.5 Å². The van der Waals surface area contributed by atoms with Crippen molar-refractivity contribution in [2.45, 2.75) is 25.3 Å². The number of hydrogen-bond acceptors (Lipinski definition) is 4. The van der Waals surface area contributed by atoms with Crippen molar-refractivity contribution in [1.82, 2.24) is 10.3 Å². The molecule has 4 heteroatoms. The largest absolute Gasteiger partial charge is 0.371 e. The number of anilines is 2. The first-order chi connectivity index (χ1) is 11.8. The van der Waals surface area contributed by atoms with Crippen LogP contribution >= 0.6 is 0 Å². The van der Waals surface area contributed by atoms with E-state index in [0.29, 0.717) is 0 Å². The molecule has 126 valence electrons. The summed E-state index contributed by atoms with van der Waals surface area (Å²) in [6, 6.07) is 15.3. The maximum absolute atomic E-state index is 4.32. The highest BCUT2D eigenvalue weighted by Crippen LogP contribution is 2.35. The molecule has 4 nitrogen and oxygen atoms in total. The molecule has 1 aromatic heterocycles. The van der Waals surface area contributed by atoms with Crippen LogP contribution in [0.3, 0.4) is 0 Å². The van der Waals surface area contributed by atoms with Crippen molar-refractivity contribution < 1.29 is 0 Å². The highest BCUT2D eigenvalue weighted by molar-refractivity contribution is 5.52. The average Bonchev–Trinajstić information content (AvgIpc) is 2.63. The van der Waals surface area contributed by atoms with Crippen molar-refractivity contribution >= 4 is 11.4 Å². The van der Waals surface area contributed by atoms with Crippen LogP contribution in [0.5, 0.6) is 0 Å². The van der Waals surface area contributed by atoms with Crippen molar-refractivity contribution in [3.63, 3.8) is 0 Å². The lowest BCUT2D eigenvalue weighted by Crippen LogP contribution is -2.65. The maximum Gasteiger partial charge on any atom is 0.0560 e. The fourth-order valence-corrected chi connectivity index (χ4v) is 4.21. The quantitative estimate of drug-likeness (QED) is 0.921.